The first-order valence-corrected chi connectivity index (χ1v) is 9.28. The van der Waals surface area contributed by atoms with Crippen LogP contribution in [0.4, 0.5) is 0 Å². The van der Waals surface area contributed by atoms with E-state index in [0.717, 1.165) is 41.5 Å². The molecular weight excluding hydrogens is 362 g/mol. The molecule has 4 rings (SSSR count). The average molecular weight is 388 g/mol. The van der Waals surface area contributed by atoms with Crippen molar-refractivity contribution in [2.24, 2.45) is 0 Å². The molecule has 5 heteroatoms. The molecule has 1 aliphatic carbocycles. The van der Waals surface area contributed by atoms with Gasteiger partial charge in [0.2, 0.25) is 0 Å². The first-order valence-electron chi connectivity index (χ1n) is 9.28. The normalized spacial score (nSPS) is 17.2. The number of rotatable bonds is 6. The van der Waals surface area contributed by atoms with Crippen LogP contribution in [-0.4, -0.2) is 30.4 Å². The number of hydrogen-bond donors (Lipinski definition) is 2. The molecule has 1 aliphatic rings. The molecule has 1 aromatic heterocycles. The van der Waals surface area contributed by atoms with Crippen molar-refractivity contribution < 1.29 is 14.3 Å². The second-order valence-corrected chi connectivity index (χ2v) is 7.16. The van der Waals surface area contributed by atoms with E-state index in [1.807, 2.05) is 25.1 Å². The minimum atomic E-state index is -0.541. The van der Waals surface area contributed by atoms with E-state index in [1.165, 1.54) is 11.1 Å². The van der Waals surface area contributed by atoms with Crippen LogP contribution in [0, 0.1) is 6.92 Å². The summed E-state index contributed by atoms with van der Waals surface area (Å²) >= 11 is 0. The predicted octanol–water partition coefficient (Wildman–Crippen LogP) is 4.05. The third kappa shape index (κ3) is 4.64. The fraction of sp³-hybridized carbons (Fsp3) is 0.364. The summed E-state index contributed by atoms with van der Waals surface area (Å²) < 4.78 is 11.2. The maximum absolute atomic E-state index is 10.2. The van der Waals surface area contributed by atoms with E-state index >= 15 is 0 Å². The summed E-state index contributed by atoms with van der Waals surface area (Å²) in [4.78, 5) is 0. The summed E-state index contributed by atoms with van der Waals surface area (Å²) in [5.41, 5.74) is 4.81. The van der Waals surface area contributed by atoms with Crippen LogP contribution in [0.3, 0.4) is 0 Å². The molecule has 0 saturated heterocycles. The van der Waals surface area contributed by atoms with Crippen molar-refractivity contribution in [2.75, 3.05) is 13.2 Å². The van der Waals surface area contributed by atoms with Gasteiger partial charge in [-0.25, -0.2) is 0 Å². The quantitative estimate of drug-likeness (QED) is 0.670. The summed E-state index contributed by atoms with van der Waals surface area (Å²) in [5, 5.41) is 14.8. The lowest BCUT2D eigenvalue weighted by atomic mass is 9.88. The van der Waals surface area contributed by atoms with Crippen LogP contribution >= 0.6 is 12.4 Å². The van der Waals surface area contributed by atoms with E-state index in [1.54, 1.807) is 6.26 Å². The second kappa shape index (κ2) is 8.79. The summed E-state index contributed by atoms with van der Waals surface area (Å²) in [5.74, 6) is 0.720. The predicted molar refractivity (Wildman–Crippen MR) is 110 cm³/mol. The summed E-state index contributed by atoms with van der Waals surface area (Å²) in [6, 6.07) is 14.8. The number of halogens is 1. The maximum Gasteiger partial charge on any atom is 0.137 e. The molecule has 27 heavy (non-hydrogen) atoms. The van der Waals surface area contributed by atoms with Crippen molar-refractivity contribution in [3.8, 4) is 5.75 Å². The van der Waals surface area contributed by atoms with Crippen molar-refractivity contribution >= 4 is 23.4 Å². The average Bonchev–Trinajstić information content (AvgIpc) is 3.05. The molecule has 3 aromatic rings. The molecule has 0 fully saturated rings. The van der Waals surface area contributed by atoms with Gasteiger partial charge >= 0.3 is 0 Å². The Balaban J connectivity index is 0.00000210. The number of ether oxygens (including phenoxy) is 1. The summed E-state index contributed by atoms with van der Waals surface area (Å²) in [6.45, 7) is 2.82. The highest BCUT2D eigenvalue weighted by molar-refractivity contribution is 5.85. The molecule has 2 atom stereocenters. The lowest BCUT2D eigenvalue weighted by Gasteiger charge is -2.26. The van der Waals surface area contributed by atoms with Crippen molar-refractivity contribution in [3.05, 3.63) is 65.4 Å². The van der Waals surface area contributed by atoms with Gasteiger partial charge in [0.05, 0.1) is 6.26 Å². The number of aryl methyl sites for hydroxylation is 2. The van der Waals surface area contributed by atoms with Gasteiger partial charge < -0.3 is 19.6 Å². The molecule has 2 N–H and O–H groups in total. The van der Waals surface area contributed by atoms with Crippen LogP contribution in [0.15, 0.2) is 53.1 Å². The van der Waals surface area contributed by atoms with Crippen LogP contribution in [0.1, 0.15) is 23.1 Å². The Bertz CT molecular complexity index is 892. The maximum atomic E-state index is 10.2. The van der Waals surface area contributed by atoms with Crippen molar-refractivity contribution in [1.29, 1.82) is 0 Å². The number of hydrogen-bond acceptors (Lipinski definition) is 4. The lowest BCUT2D eigenvalue weighted by molar-refractivity contribution is 0.103. The van der Waals surface area contributed by atoms with E-state index in [-0.39, 0.29) is 19.0 Å². The van der Waals surface area contributed by atoms with E-state index in [4.69, 9.17) is 9.15 Å². The largest absolute Gasteiger partial charge is 0.491 e. The fourth-order valence-corrected chi connectivity index (χ4v) is 3.66. The molecule has 0 amide bonds. The third-order valence-electron chi connectivity index (χ3n) is 5.17. The monoisotopic (exact) mass is 387 g/mol. The molecule has 144 valence electrons. The van der Waals surface area contributed by atoms with Crippen LogP contribution in [0.25, 0.3) is 11.0 Å². The Labute approximate surface area is 165 Å². The van der Waals surface area contributed by atoms with E-state index in [9.17, 15) is 5.11 Å². The molecule has 0 spiro atoms. The van der Waals surface area contributed by atoms with E-state index in [0.29, 0.717) is 12.6 Å². The van der Waals surface area contributed by atoms with Gasteiger partial charge in [-0.3, -0.25) is 0 Å². The number of furan rings is 1. The Morgan fingerprint density at radius 1 is 1.22 bits per heavy atom. The van der Waals surface area contributed by atoms with E-state index < -0.39 is 6.10 Å². The number of fused-ring (bicyclic) bond motifs is 2. The Kier molecular flexibility index (Phi) is 6.42. The van der Waals surface area contributed by atoms with Crippen LogP contribution in [-0.2, 0) is 12.8 Å². The molecule has 0 bridgehead atoms. The van der Waals surface area contributed by atoms with Gasteiger partial charge in [0.25, 0.3) is 0 Å². The minimum Gasteiger partial charge on any atom is -0.491 e. The van der Waals surface area contributed by atoms with Gasteiger partial charge in [0.15, 0.2) is 0 Å². The second-order valence-electron chi connectivity index (χ2n) is 7.16. The van der Waals surface area contributed by atoms with Crippen LogP contribution < -0.4 is 10.1 Å². The highest BCUT2D eigenvalue weighted by Gasteiger charge is 2.18. The number of aliphatic hydroxyl groups excluding tert-OH is 1. The standard InChI is InChI=1S/C22H25NO3.ClH/c1-15-13-26-22-11-20(8-9-21(15)22)25-14-19(24)12-23-18-7-6-16-4-2-3-5-17(16)10-18;/h2-5,8-9,11,13,18-19,23-24H,6-7,10,12,14H2,1H3;1H. The fourth-order valence-electron chi connectivity index (χ4n) is 3.66. The zero-order valence-electron chi connectivity index (χ0n) is 15.5. The zero-order chi connectivity index (χ0) is 17.9. The molecule has 0 saturated carbocycles. The SMILES string of the molecule is Cc1coc2cc(OCC(O)CNC3CCc4ccccc4C3)ccc12.Cl. The van der Waals surface area contributed by atoms with Crippen LogP contribution in [0.2, 0.25) is 0 Å². The Morgan fingerprint density at radius 2 is 2.04 bits per heavy atom. The van der Waals surface area contributed by atoms with Gasteiger partial charge in [0, 0.05) is 24.0 Å². The molecule has 2 aromatic carbocycles. The number of benzene rings is 2. The lowest BCUT2D eigenvalue weighted by Crippen LogP contribution is -2.40. The molecule has 0 aliphatic heterocycles. The molecule has 1 heterocycles. The van der Waals surface area contributed by atoms with Crippen LogP contribution in [0.5, 0.6) is 5.75 Å². The van der Waals surface area contributed by atoms with E-state index in [2.05, 4.69) is 29.6 Å². The molecule has 2 unspecified atom stereocenters. The Morgan fingerprint density at radius 3 is 2.89 bits per heavy atom. The molecule has 0 radical (unpaired) electrons. The molecule has 4 nitrogen and oxygen atoms in total. The van der Waals surface area contributed by atoms with Gasteiger partial charge in [-0.05, 0) is 55.0 Å². The zero-order valence-corrected chi connectivity index (χ0v) is 16.3. The third-order valence-corrected chi connectivity index (χ3v) is 5.17. The first kappa shape index (κ1) is 19.7. The number of nitrogens with one attached hydrogen (secondary N) is 1. The van der Waals surface area contributed by atoms with Gasteiger partial charge in [-0.2, -0.15) is 0 Å². The topological polar surface area (TPSA) is 54.6 Å². The smallest absolute Gasteiger partial charge is 0.137 e. The molecular formula is C22H26ClNO3. The summed E-state index contributed by atoms with van der Waals surface area (Å²) in [6.07, 6.45) is 4.44. The van der Waals surface area contributed by atoms with Gasteiger partial charge in [0.1, 0.15) is 24.0 Å². The van der Waals surface area contributed by atoms with Gasteiger partial charge in [-0.1, -0.05) is 24.3 Å². The highest BCUT2D eigenvalue weighted by atomic mass is 35.5. The first-order chi connectivity index (χ1) is 12.7. The number of aliphatic hydroxyl groups is 1. The van der Waals surface area contributed by atoms with Gasteiger partial charge in [-0.15, -0.1) is 12.4 Å². The Hall–Kier alpha value is -2.01. The highest BCUT2D eigenvalue weighted by Crippen LogP contribution is 2.25. The summed E-state index contributed by atoms with van der Waals surface area (Å²) in [7, 11) is 0. The van der Waals surface area contributed by atoms with Crippen molar-refractivity contribution in [1.82, 2.24) is 5.32 Å². The minimum absolute atomic E-state index is 0. The van der Waals surface area contributed by atoms with Crippen molar-refractivity contribution in [3.63, 3.8) is 0 Å². The van der Waals surface area contributed by atoms with Crippen molar-refractivity contribution in [2.45, 2.75) is 38.3 Å².